The van der Waals surface area contributed by atoms with E-state index in [1.807, 2.05) is 91.0 Å². The summed E-state index contributed by atoms with van der Waals surface area (Å²) >= 11 is 0. The lowest BCUT2D eigenvalue weighted by Gasteiger charge is -2.24. The Morgan fingerprint density at radius 2 is 1.05 bits per heavy atom. The van der Waals surface area contributed by atoms with Crippen LogP contribution in [-0.2, 0) is 0 Å². The lowest BCUT2D eigenvalue weighted by molar-refractivity contribution is 1.33. The molecule has 10 rings (SSSR count). The number of aromatic nitrogens is 3. The van der Waals surface area contributed by atoms with Crippen molar-refractivity contribution in [2.45, 2.75) is 0 Å². The fourth-order valence-electron chi connectivity index (χ4n) is 7.43. The number of hydrazone groups is 1. The summed E-state index contributed by atoms with van der Waals surface area (Å²) in [4.78, 5) is 15.6. The highest BCUT2D eigenvalue weighted by Gasteiger charge is 2.29. The second kappa shape index (κ2) is 13.4. The first kappa shape index (κ1) is 32.1. The zero-order chi connectivity index (χ0) is 36.7. The molecule has 6 nitrogen and oxygen atoms in total. The van der Waals surface area contributed by atoms with E-state index in [9.17, 15) is 5.41 Å². The molecule has 0 bridgehead atoms. The molecule has 0 radical (unpaired) electrons. The zero-order valence-corrected chi connectivity index (χ0v) is 29.6. The van der Waals surface area contributed by atoms with Gasteiger partial charge in [-0.25, -0.2) is 15.0 Å². The molecular weight excluding hydrogens is 673 g/mol. The van der Waals surface area contributed by atoms with Crippen LogP contribution in [0, 0.1) is 5.41 Å². The Kier molecular flexibility index (Phi) is 7.85. The fourth-order valence-corrected chi connectivity index (χ4v) is 7.43. The van der Waals surface area contributed by atoms with E-state index < -0.39 is 0 Å². The molecule has 258 valence electrons. The van der Waals surface area contributed by atoms with Crippen LogP contribution in [0.25, 0.3) is 78.1 Å². The molecule has 1 aliphatic carbocycles. The van der Waals surface area contributed by atoms with Crippen LogP contribution in [0.15, 0.2) is 181 Å². The van der Waals surface area contributed by atoms with Crippen molar-refractivity contribution >= 4 is 61.5 Å². The monoisotopic (exact) mass is 704 g/mol. The van der Waals surface area contributed by atoms with E-state index in [0.717, 1.165) is 94.4 Å². The SMILES string of the molecule is N=C1/C(=N\Nc2ccccc2)C(c2ccccc2)=Cc2c(-c3cccc(-c4ccc5ccc6ccc(-c7ccccc7)nc6c5n4)c3)nc3ccccc3c21. The number of nitrogens with one attached hydrogen (secondary N) is 2. The van der Waals surface area contributed by atoms with Crippen molar-refractivity contribution in [2.75, 3.05) is 5.43 Å². The van der Waals surface area contributed by atoms with Gasteiger partial charge in [0.2, 0.25) is 0 Å². The van der Waals surface area contributed by atoms with Crippen molar-refractivity contribution in [3.05, 3.63) is 193 Å². The molecular formula is C49H32N6. The number of allylic oxidation sites excluding steroid dienone is 1. The lowest BCUT2D eigenvalue weighted by atomic mass is 9.82. The summed E-state index contributed by atoms with van der Waals surface area (Å²) in [6, 6.07) is 59.3. The standard InChI is InChI=1S/C49H32N6/c50-45-44-38-21-10-11-22-43(38)53-46(40(44)30-39(31-13-4-1-5-14-31)49(45)55-54-37-19-8-3-9-20-37)36-18-12-17-35(29-36)42-28-26-34-24-23-33-25-27-41(32-15-6-2-7-16-32)51-47(33)48(34)52-42/h1-30,50,54H/b50-45?,55-49-. The van der Waals surface area contributed by atoms with Crippen molar-refractivity contribution in [2.24, 2.45) is 5.10 Å². The molecule has 3 aromatic heterocycles. The smallest absolute Gasteiger partial charge is 0.117 e. The van der Waals surface area contributed by atoms with E-state index in [1.54, 1.807) is 0 Å². The molecule has 0 atom stereocenters. The van der Waals surface area contributed by atoms with Crippen LogP contribution in [-0.4, -0.2) is 26.4 Å². The van der Waals surface area contributed by atoms with E-state index in [2.05, 4.69) is 96.4 Å². The molecule has 0 unspecified atom stereocenters. The summed E-state index contributed by atoms with van der Waals surface area (Å²) in [6.45, 7) is 0. The Bertz CT molecular complexity index is 3010. The van der Waals surface area contributed by atoms with Gasteiger partial charge in [0, 0.05) is 49.5 Å². The van der Waals surface area contributed by atoms with E-state index in [-0.39, 0.29) is 0 Å². The van der Waals surface area contributed by atoms with Crippen LogP contribution >= 0.6 is 0 Å². The number of pyridine rings is 3. The van der Waals surface area contributed by atoms with Crippen LogP contribution in [0.1, 0.15) is 16.7 Å². The summed E-state index contributed by atoms with van der Waals surface area (Å²) in [6.07, 6.45) is 2.14. The Labute approximate surface area is 317 Å². The first-order valence-electron chi connectivity index (χ1n) is 18.2. The summed E-state index contributed by atoms with van der Waals surface area (Å²) < 4.78 is 0. The predicted octanol–water partition coefficient (Wildman–Crippen LogP) is 11.7. The first-order valence-corrected chi connectivity index (χ1v) is 18.2. The summed E-state index contributed by atoms with van der Waals surface area (Å²) in [5, 5.41) is 17.6. The van der Waals surface area contributed by atoms with Crippen LogP contribution in [0.3, 0.4) is 0 Å². The van der Waals surface area contributed by atoms with E-state index in [4.69, 9.17) is 20.1 Å². The average Bonchev–Trinajstić information content (AvgIpc) is 3.26. The van der Waals surface area contributed by atoms with Crippen LogP contribution in [0.2, 0.25) is 0 Å². The molecule has 2 N–H and O–H groups in total. The Hall–Kier alpha value is -7.57. The maximum absolute atomic E-state index is 9.75. The van der Waals surface area contributed by atoms with Gasteiger partial charge in [-0.1, -0.05) is 140 Å². The van der Waals surface area contributed by atoms with Gasteiger partial charge in [-0.2, -0.15) is 5.10 Å². The molecule has 0 saturated carbocycles. The molecule has 55 heavy (non-hydrogen) atoms. The predicted molar refractivity (Wildman–Crippen MR) is 227 cm³/mol. The number of para-hydroxylation sites is 2. The van der Waals surface area contributed by atoms with Gasteiger partial charge in [-0.05, 0) is 48.0 Å². The van der Waals surface area contributed by atoms with Gasteiger partial charge in [0.15, 0.2) is 0 Å². The van der Waals surface area contributed by atoms with Crippen molar-refractivity contribution in [3.63, 3.8) is 0 Å². The molecule has 6 heteroatoms. The maximum atomic E-state index is 9.75. The van der Waals surface area contributed by atoms with Crippen LogP contribution < -0.4 is 5.43 Å². The molecule has 6 aromatic carbocycles. The molecule has 9 aromatic rings. The van der Waals surface area contributed by atoms with Crippen molar-refractivity contribution in [1.29, 1.82) is 5.41 Å². The van der Waals surface area contributed by atoms with Gasteiger partial charge < -0.3 is 0 Å². The number of anilines is 1. The zero-order valence-electron chi connectivity index (χ0n) is 29.6. The number of nitrogens with zero attached hydrogens (tertiary/aromatic N) is 4. The minimum Gasteiger partial charge on any atom is -0.298 e. The topological polar surface area (TPSA) is 86.9 Å². The highest BCUT2D eigenvalue weighted by Crippen LogP contribution is 2.39. The van der Waals surface area contributed by atoms with Crippen LogP contribution in [0.5, 0.6) is 0 Å². The highest BCUT2D eigenvalue weighted by molar-refractivity contribution is 6.65. The molecule has 1 aliphatic rings. The van der Waals surface area contributed by atoms with Gasteiger partial charge in [0.25, 0.3) is 0 Å². The van der Waals surface area contributed by atoms with Crippen molar-refractivity contribution < 1.29 is 0 Å². The summed E-state index contributed by atoms with van der Waals surface area (Å²) in [5.74, 6) is 0. The van der Waals surface area contributed by atoms with E-state index in [0.29, 0.717) is 11.4 Å². The molecule has 3 heterocycles. The fraction of sp³-hybridized carbons (Fsp3) is 0. The molecule has 0 aliphatic heterocycles. The van der Waals surface area contributed by atoms with Crippen LogP contribution in [0.4, 0.5) is 5.69 Å². The largest absolute Gasteiger partial charge is 0.298 e. The van der Waals surface area contributed by atoms with Crippen molar-refractivity contribution in [1.82, 2.24) is 15.0 Å². The first-order chi connectivity index (χ1) is 27.2. The Morgan fingerprint density at radius 1 is 0.491 bits per heavy atom. The van der Waals surface area contributed by atoms with Gasteiger partial charge in [-0.15, -0.1) is 0 Å². The maximum Gasteiger partial charge on any atom is 0.117 e. The average molecular weight is 705 g/mol. The van der Waals surface area contributed by atoms with Gasteiger partial charge >= 0.3 is 0 Å². The van der Waals surface area contributed by atoms with E-state index >= 15 is 0 Å². The third kappa shape index (κ3) is 5.83. The third-order valence-corrected chi connectivity index (χ3v) is 10.1. The number of rotatable bonds is 6. The summed E-state index contributed by atoms with van der Waals surface area (Å²) in [7, 11) is 0. The third-order valence-electron chi connectivity index (χ3n) is 10.1. The Morgan fingerprint density at radius 3 is 1.76 bits per heavy atom. The number of hydrogen-bond acceptors (Lipinski definition) is 6. The minimum absolute atomic E-state index is 0.334. The number of hydrogen-bond donors (Lipinski definition) is 2. The van der Waals surface area contributed by atoms with E-state index in [1.165, 1.54) is 0 Å². The normalized spacial score (nSPS) is 13.3. The second-order valence-corrected chi connectivity index (χ2v) is 13.6. The molecule has 0 saturated heterocycles. The van der Waals surface area contributed by atoms with Gasteiger partial charge in [-0.3, -0.25) is 10.8 Å². The minimum atomic E-state index is 0.334. The quantitative estimate of drug-likeness (QED) is 0.133. The molecule has 0 fully saturated rings. The Balaban J connectivity index is 1.14. The second-order valence-electron chi connectivity index (χ2n) is 13.6. The summed E-state index contributed by atoms with van der Waals surface area (Å²) in [5.41, 5.74) is 16.5. The van der Waals surface area contributed by atoms with Gasteiger partial charge in [0.05, 0.1) is 45.0 Å². The number of benzene rings is 6. The number of fused-ring (bicyclic) bond motifs is 6. The molecule has 0 spiro atoms. The van der Waals surface area contributed by atoms with Gasteiger partial charge in [0.1, 0.15) is 5.71 Å². The van der Waals surface area contributed by atoms with Crippen molar-refractivity contribution in [3.8, 4) is 33.8 Å². The highest BCUT2D eigenvalue weighted by atomic mass is 15.3. The lowest BCUT2D eigenvalue weighted by Crippen LogP contribution is -2.23. The molecule has 0 amide bonds.